The van der Waals surface area contributed by atoms with Gasteiger partial charge in [-0.25, -0.2) is 0 Å². The lowest BCUT2D eigenvalue weighted by Crippen LogP contribution is -2.14. The fourth-order valence-corrected chi connectivity index (χ4v) is 4.45. The number of methoxy groups -OCH3 is 4. The maximum absolute atomic E-state index is 11.9. The number of nitrogens with one attached hydrogen (secondary N) is 1. The van der Waals surface area contributed by atoms with Crippen LogP contribution < -0.4 is 30.0 Å². The molecule has 17 heteroatoms. The molecule has 50 heavy (non-hydrogen) atoms. The average molecular weight is 743 g/mol. The first-order valence-electron chi connectivity index (χ1n) is 14.3. The zero-order chi connectivity index (χ0) is 37.1. The minimum absolute atomic E-state index is 0. The van der Waals surface area contributed by atoms with E-state index in [1.54, 1.807) is 58.6 Å². The largest absolute Gasteiger partial charge is 0.497 e. The molecule has 9 nitrogen and oxygen atoms in total. The number of allylic oxidation sites excluding steroid dienone is 2. The van der Waals surface area contributed by atoms with Gasteiger partial charge in [0.05, 0.1) is 39.9 Å². The molecule has 0 atom stereocenters. The molecule has 0 aliphatic carbocycles. The van der Waals surface area contributed by atoms with Crippen LogP contribution in [0, 0.1) is 6.92 Å². The van der Waals surface area contributed by atoms with Gasteiger partial charge in [-0.2, -0.15) is 34.8 Å². The van der Waals surface area contributed by atoms with Gasteiger partial charge in [0.1, 0.15) is 23.0 Å². The molecule has 0 aliphatic rings. The van der Waals surface area contributed by atoms with Gasteiger partial charge in [-0.1, -0.05) is 42.0 Å². The predicted molar refractivity (Wildman–Crippen MR) is 176 cm³/mol. The van der Waals surface area contributed by atoms with Gasteiger partial charge >= 0.3 is 12.4 Å². The van der Waals surface area contributed by atoms with Gasteiger partial charge in [0, 0.05) is 55.0 Å². The summed E-state index contributed by atoms with van der Waals surface area (Å²) >= 11 is 0. The third kappa shape index (κ3) is 18.4. The van der Waals surface area contributed by atoms with Crippen LogP contribution in [0.1, 0.15) is 16.7 Å². The Labute approximate surface area is 287 Å². The van der Waals surface area contributed by atoms with Gasteiger partial charge in [0.2, 0.25) is 0 Å². The highest BCUT2D eigenvalue weighted by molar-refractivity contribution is 7.86. The van der Waals surface area contributed by atoms with Crippen LogP contribution in [-0.4, -0.2) is 62.4 Å². The van der Waals surface area contributed by atoms with E-state index in [1.807, 2.05) is 18.2 Å². The van der Waals surface area contributed by atoms with Gasteiger partial charge in [0.25, 0.3) is 10.1 Å². The predicted octanol–water partition coefficient (Wildman–Crippen LogP) is 7.05. The lowest BCUT2D eigenvalue weighted by molar-refractivity contribution is -0.0810. The second-order valence-corrected chi connectivity index (χ2v) is 11.2. The van der Waals surface area contributed by atoms with E-state index in [9.17, 15) is 34.8 Å². The topological polar surface area (TPSA) is 118 Å². The van der Waals surface area contributed by atoms with Crippen molar-refractivity contribution in [3.05, 3.63) is 102 Å². The maximum atomic E-state index is 11.9. The van der Waals surface area contributed by atoms with Crippen molar-refractivity contribution in [2.24, 2.45) is 5.73 Å². The Morgan fingerprint density at radius 3 is 1.66 bits per heavy atom. The molecule has 0 aromatic heterocycles. The minimum Gasteiger partial charge on any atom is -0.497 e. The number of hydrogen-bond donors (Lipinski definition) is 2. The summed E-state index contributed by atoms with van der Waals surface area (Å²) in [6.07, 6.45) is -6.96. The molecule has 3 N–H and O–H groups in total. The molecule has 3 rings (SSSR count). The number of hydrogen-bond acceptors (Lipinski definition) is 9. The Kier molecular flexibility index (Phi) is 20.5. The summed E-state index contributed by atoms with van der Waals surface area (Å²) in [5.41, 5.74) is 8.20. The normalized spacial score (nSPS) is 11.5. The van der Waals surface area contributed by atoms with Crippen molar-refractivity contribution in [3.8, 4) is 23.0 Å². The van der Waals surface area contributed by atoms with Crippen molar-refractivity contribution in [2.75, 3.05) is 41.6 Å². The van der Waals surface area contributed by atoms with Crippen LogP contribution in [0.15, 0.2) is 89.9 Å². The number of halogens is 7. The molecule has 0 saturated carbocycles. The van der Waals surface area contributed by atoms with Crippen molar-refractivity contribution < 1.29 is 62.6 Å². The smallest absolute Gasteiger partial charge is 0.409 e. The van der Waals surface area contributed by atoms with Crippen LogP contribution in [0.3, 0.4) is 0 Å². The molecular formula is C33H41F7N2O7S. The van der Waals surface area contributed by atoms with E-state index in [0.29, 0.717) is 30.7 Å². The molecule has 0 bridgehead atoms. The Bertz CT molecular complexity index is 1580. The monoisotopic (exact) mass is 742 g/mol. The molecule has 0 radical (unpaired) electrons. The van der Waals surface area contributed by atoms with Crippen LogP contribution in [0.4, 0.5) is 31.0 Å². The van der Waals surface area contributed by atoms with E-state index in [0.717, 1.165) is 34.3 Å². The molecular weight excluding hydrogens is 701 g/mol. The van der Waals surface area contributed by atoms with E-state index in [2.05, 4.69) is 9.50 Å². The van der Waals surface area contributed by atoms with Crippen molar-refractivity contribution in [1.82, 2.24) is 5.32 Å². The van der Waals surface area contributed by atoms with Crippen LogP contribution in [0.2, 0.25) is 0 Å². The van der Waals surface area contributed by atoms with Crippen LogP contribution in [0.25, 0.3) is 0 Å². The Balaban J connectivity index is 0.000000731. The van der Waals surface area contributed by atoms with E-state index in [4.69, 9.17) is 24.7 Å². The standard InChI is InChI=1S/C13H16F3NO2.C11H11F3O3S.C9H13NO2.FH/c1-18-11-5-4-10(12(8-11)19-2)9-17-7-3-6-13(14,15)16;1-9-3-5-10(6-4-9)18(15,16)17-8-2-7-11(12,13)14;1-11-8-4-3-7(6-10)9(5-8)12-2;/h3-6,8,17H,7,9H2,1-2H3;2-7H,8H2,1H3;3-5H,6,10H2,1-2H3;1H/b6-3+;7-2+;;. The second kappa shape index (κ2) is 22.4. The van der Waals surface area contributed by atoms with Crippen molar-refractivity contribution >= 4 is 10.1 Å². The molecule has 0 saturated heterocycles. The van der Waals surface area contributed by atoms with E-state index in [-0.39, 0.29) is 28.3 Å². The van der Waals surface area contributed by atoms with Crippen LogP contribution >= 0.6 is 0 Å². The highest BCUT2D eigenvalue weighted by atomic mass is 32.2. The minimum atomic E-state index is -4.48. The molecule has 0 amide bonds. The molecule has 0 heterocycles. The van der Waals surface area contributed by atoms with E-state index in [1.165, 1.54) is 19.2 Å². The second-order valence-electron chi connectivity index (χ2n) is 9.63. The molecule has 0 aliphatic heterocycles. The number of nitrogens with two attached hydrogens (primary N) is 1. The third-order valence-electron chi connectivity index (χ3n) is 6.03. The number of aryl methyl sites for hydroxylation is 1. The Hall–Kier alpha value is -4.32. The first-order chi connectivity index (χ1) is 23.0. The molecule has 0 fully saturated rings. The quantitative estimate of drug-likeness (QED) is 0.0823. The van der Waals surface area contributed by atoms with Crippen molar-refractivity contribution in [1.29, 1.82) is 0 Å². The van der Waals surface area contributed by atoms with Crippen molar-refractivity contribution in [2.45, 2.75) is 37.3 Å². The molecule has 0 spiro atoms. The lowest BCUT2D eigenvalue weighted by Gasteiger charge is -2.10. The summed E-state index contributed by atoms with van der Waals surface area (Å²) in [7, 11) is 2.31. The Morgan fingerprint density at radius 2 is 1.20 bits per heavy atom. The van der Waals surface area contributed by atoms with Crippen LogP contribution in [0.5, 0.6) is 23.0 Å². The summed E-state index contributed by atoms with van der Waals surface area (Å²) in [6, 6.07) is 16.7. The highest BCUT2D eigenvalue weighted by Crippen LogP contribution is 2.25. The van der Waals surface area contributed by atoms with E-state index >= 15 is 0 Å². The zero-order valence-corrected chi connectivity index (χ0v) is 28.7. The first kappa shape index (κ1) is 45.7. The van der Waals surface area contributed by atoms with Gasteiger partial charge in [-0.15, -0.1) is 0 Å². The number of ether oxygens (including phenoxy) is 4. The van der Waals surface area contributed by atoms with Gasteiger partial charge in [-0.3, -0.25) is 8.89 Å². The maximum Gasteiger partial charge on any atom is 0.409 e. The summed E-state index contributed by atoms with van der Waals surface area (Å²) < 4.78 is 119. The number of rotatable bonds is 13. The SMILES string of the molecule is COc1ccc(CN)c(OC)c1.COc1ccc(CNC/C=C/C(F)(F)F)c(OC)c1.Cc1ccc(S(=O)(=O)OC/C=C/C(F)(F)F)cc1.F. The Morgan fingerprint density at radius 1 is 0.720 bits per heavy atom. The first-order valence-corrected chi connectivity index (χ1v) is 15.7. The average Bonchev–Trinajstić information content (AvgIpc) is 3.06. The molecule has 0 unspecified atom stereocenters. The fourth-order valence-electron chi connectivity index (χ4n) is 3.58. The molecule has 3 aromatic rings. The van der Waals surface area contributed by atoms with Crippen LogP contribution in [-0.2, 0) is 27.4 Å². The zero-order valence-electron chi connectivity index (χ0n) is 27.9. The molecule has 3 aromatic carbocycles. The summed E-state index contributed by atoms with van der Waals surface area (Å²) in [5.74, 6) is 2.85. The summed E-state index contributed by atoms with van der Waals surface area (Å²) in [5, 5.41) is 2.88. The highest BCUT2D eigenvalue weighted by Gasteiger charge is 2.22. The molecule has 280 valence electrons. The van der Waals surface area contributed by atoms with Gasteiger partial charge in [-0.05, 0) is 31.2 Å². The summed E-state index contributed by atoms with van der Waals surface area (Å²) in [6.45, 7) is 2.15. The lowest BCUT2D eigenvalue weighted by atomic mass is 10.2. The summed E-state index contributed by atoms with van der Waals surface area (Å²) in [4.78, 5) is -0.0893. The van der Waals surface area contributed by atoms with E-state index < -0.39 is 29.1 Å². The van der Waals surface area contributed by atoms with Gasteiger partial charge in [0.15, 0.2) is 0 Å². The number of benzene rings is 3. The van der Waals surface area contributed by atoms with Gasteiger partial charge < -0.3 is 30.0 Å². The fraction of sp³-hybridized carbons (Fsp3) is 0.333. The van der Waals surface area contributed by atoms with Crippen molar-refractivity contribution in [3.63, 3.8) is 0 Å². The number of alkyl halides is 6. The third-order valence-corrected chi connectivity index (χ3v) is 7.32.